The first-order valence-corrected chi connectivity index (χ1v) is 11.2. The second-order valence-corrected chi connectivity index (χ2v) is 8.95. The number of tetrazole rings is 1. The van der Waals surface area contributed by atoms with Crippen LogP contribution in [0, 0.1) is 0 Å². The van der Waals surface area contributed by atoms with Gasteiger partial charge in [-0.1, -0.05) is 31.4 Å². The average molecular weight is 402 g/mol. The molecule has 1 unspecified atom stereocenters. The van der Waals surface area contributed by atoms with Crippen LogP contribution in [0.2, 0.25) is 0 Å². The molecule has 2 aromatic rings. The number of phenolic OH excluding ortho intramolecular Hbond substituents is 1. The second kappa shape index (κ2) is 8.11. The van der Waals surface area contributed by atoms with Crippen LogP contribution in [-0.4, -0.2) is 54.2 Å². The fourth-order valence-electron chi connectivity index (χ4n) is 4.35. The van der Waals surface area contributed by atoms with E-state index in [9.17, 15) is 9.90 Å². The maximum atomic E-state index is 12.9. The first-order chi connectivity index (χ1) is 13.6. The molecule has 1 aromatic carbocycles. The Morgan fingerprint density at radius 2 is 1.96 bits per heavy atom. The van der Waals surface area contributed by atoms with Crippen LogP contribution in [0.1, 0.15) is 56.5 Å². The average Bonchev–Trinajstić information content (AvgIpc) is 3.20. The van der Waals surface area contributed by atoms with Gasteiger partial charge in [-0.2, -0.15) is 0 Å². The Morgan fingerprint density at radius 1 is 1.21 bits per heavy atom. The van der Waals surface area contributed by atoms with Gasteiger partial charge in [0.2, 0.25) is 5.91 Å². The smallest absolute Gasteiger partial charge is 0.233 e. The van der Waals surface area contributed by atoms with Crippen molar-refractivity contribution >= 4 is 17.7 Å². The lowest BCUT2D eigenvalue weighted by molar-refractivity contribution is -0.135. The number of amides is 1. The Bertz CT molecular complexity index is 818. The number of carbonyl (C=O) groups is 1. The van der Waals surface area contributed by atoms with Gasteiger partial charge in [0, 0.05) is 12.3 Å². The van der Waals surface area contributed by atoms with Gasteiger partial charge in [0.25, 0.3) is 0 Å². The van der Waals surface area contributed by atoms with Crippen molar-refractivity contribution in [1.82, 2.24) is 25.1 Å². The van der Waals surface area contributed by atoms with Gasteiger partial charge >= 0.3 is 0 Å². The van der Waals surface area contributed by atoms with E-state index >= 15 is 0 Å². The molecule has 1 N–H and O–H groups in total. The molecular weight excluding hydrogens is 374 g/mol. The summed E-state index contributed by atoms with van der Waals surface area (Å²) in [4.78, 5) is 14.8. The Morgan fingerprint density at radius 3 is 2.71 bits per heavy atom. The maximum Gasteiger partial charge on any atom is 0.233 e. The van der Waals surface area contributed by atoms with Crippen molar-refractivity contribution in [3.63, 3.8) is 0 Å². The number of hydrogen-bond donors (Lipinski definition) is 1. The monoisotopic (exact) mass is 401 g/mol. The predicted molar refractivity (Wildman–Crippen MR) is 108 cm³/mol. The third-order valence-corrected chi connectivity index (χ3v) is 7.18. The lowest BCUT2D eigenvalue weighted by Crippen LogP contribution is -2.55. The highest BCUT2D eigenvalue weighted by atomic mass is 32.2. The number of carbonyl (C=O) groups excluding carboxylic acids is 1. The van der Waals surface area contributed by atoms with E-state index in [-0.39, 0.29) is 11.7 Å². The van der Waals surface area contributed by atoms with Gasteiger partial charge < -0.3 is 10.0 Å². The fraction of sp³-hybridized carbons (Fsp3) is 0.600. The standard InChI is InChI=1S/C20H27N5O2S/c1-20(19-21-22-23-25(19)16-5-3-2-4-6-16)14-28-13-18(27)24(20)12-11-15-7-9-17(26)10-8-15/h7-10,16,26H,2-6,11-14H2,1H3. The van der Waals surface area contributed by atoms with Crippen molar-refractivity contribution in [2.75, 3.05) is 18.1 Å². The lowest BCUT2D eigenvalue weighted by atomic mass is 9.94. The minimum absolute atomic E-state index is 0.135. The SMILES string of the molecule is CC1(c2nnnn2C2CCCCC2)CSCC(=O)N1CCc1ccc(O)cc1. The van der Waals surface area contributed by atoms with Crippen LogP contribution in [-0.2, 0) is 16.8 Å². The zero-order chi connectivity index (χ0) is 19.6. The predicted octanol–water partition coefficient (Wildman–Crippen LogP) is 2.92. The van der Waals surface area contributed by atoms with E-state index in [4.69, 9.17) is 0 Å². The van der Waals surface area contributed by atoms with E-state index in [1.807, 2.05) is 21.7 Å². The molecule has 1 aliphatic carbocycles. The molecular formula is C20H27N5O2S. The summed E-state index contributed by atoms with van der Waals surface area (Å²) in [5.74, 6) is 2.49. The van der Waals surface area contributed by atoms with Gasteiger partial charge in [-0.15, -0.1) is 16.9 Å². The number of benzene rings is 1. The second-order valence-electron chi connectivity index (χ2n) is 7.97. The lowest BCUT2D eigenvalue weighted by Gasteiger charge is -2.44. The summed E-state index contributed by atoms with van der Waals surface area (Å²) < 4.78 is 1.99. The molecule has 1 saturated carbocycles. The first-order valence-electron chi connectivity index (χ1n) is 10.0. The number of hydrogen-bond acceptors (Lipinski definition) is 6. The molecule has 4 rings (SSSR count). The molecule has 1 atom stereocenters. The summed E-state index contributed by atoms with van der Waals surface area (Å²) in [7, 11) is 0. The molecule has 0 bridgehead atoms. The van der Waals surface area contributed by atoms with Crippen LogP contribution in [0.4, 0.5) is 0 Å². The number of aromatic nitrogens is 4. The highest BCUT2D eigenvalue weighted by molar-refractivity contribution is 8.00. The largest absolute Gasteiger partial charge is 0.508 e. The summed E-state index contributed by atoms with van der Waals surface area (Å²) in [5.41, 5.74) is 0.579. The quantitative estimate of drug-likeness (QED) is 0.829. The Balaban J connectivity index is 1.59. The topological polar surface area (TPSA) is 84.1 Å². The summed E-state index contributed by atoms with van der Waals surface area (Å²) in [6.45, 7) is 2.71. The molecule has 0 spiro atoms. The third-order valence-electron chi connectivity index (χ3n) is 5.96. The Labute approximate surface area is 169 Å². The van der Waals surface area contributed by atoms with Crippen molar-refractivity contribution in [2.45, 2.75) is 57.0 Å². The van der Waals surface area contributed by atoms with Crippen molar-refractivity contribution in [3.05, 3.63) is 35.7 Å². The van der Waals surface area contributed by atoms with Gasteiger partial charge in [-0.05, 0) is 54.3 Å². The van der Waals surface area contributed by atoms with Gasteiger partial charge in [-0.3, -0.25) is 4.79 Å². The summed E-state index contributed by atoms with van der Waals surface area (Å²) >= 11 is 1.66. The Hall–Kier alpha value is -2.09. The summed E-state index contributed by atoms with van der Waals surface area (Å²) in [6.07, 6.45) is 6.62. The van der Waals surface area contributed by atoms with Crippen molar-refractivity contribution in [1.29, 1.82) is 0 Å². The molecule has 1 aromatic heterocycles. The summed E-state index contributed by atoms with van der Waals surface area (Å²) in [5, 5.41) is 22.2. The number of aromatic hydroxyl groups is 1. The molecule has 1 saturated heterocycles. The van der Waals surface area contributed by atoms with E-state index in [0.717, 1.165) is 36.4 Å². The van der Waals surface area contributed by atoms with E-state index in [2.05, 4.69) is 22.4 Å². The van der Waals surface area contributed by atoms with Crippen LogP contribution >= 0.6 is 11.8 Å². The fourth-order valence-corrected chi connectivity index (χ4v) is 5.46. The molecule has 28 heavy (non-hydrogen) atoms. The zero-order valence-corrected chi connectivity index (χ0v) is 17.1. The molecule has 150 valence electrons. The Kier molecular flexibility index (Phi) is 5.57. The molecule has 2 aliphatic rings. The van der Waals surface area contributed by atoms with E-state index < -0.39 is 5.54 Å². The van der Waals surface area contributed by atoms with Crippen LogP contribution in [0.3, 0.4) is 0 Å². The molecule has 1 aliphatic heterocycles. The highest BCUT2D eigenvalue weighted by Crippen LogP contribution is 2.38. The first kappa shape index (κ1) is 19.2. The van der Waals surface area contributed by atoms with Gasteiger partial charge in [0.05, 0.1) is 11.8 Å². The van der Waals surface area contributed by atoms with E-state index in [1.54, 1.807) is 23.9 Å². The summed E-state index contributed by atoms with van der Waals surface area (Å²) in [6, 6.07) is 7.51. The molecule has 2 fully saturated rings. The van der Waals surface area contributed by atoms with Crippen LogP contribution in [0.15, 0.2) is 24.3 Å². The van der Waals surface area contributed by atoms with E-state index in [1.165, 1.54) is 19.3 Å². The minimum atomic E-state index is -0.516. The number of nitrogens with zero attached hydrogens (tertiary/aromatic N) is 5. The molecule has 2 heterocycles. The van der Waals surface area contributed by atoms with Gasteiger partial charge in [-0.25, -0.2) is 4.68 Å². The van der Waals surface area contributed by atoms with E-state index in [0.29, 0.717) is 18.3 Å². The number of phenols is 1. The van der Waals surface area contributed by atoms with Crippen LogP contribution < -0.4 is 0 Å². The van der Waals surface area contributed by atoms with Crippen molar-refractivity contribution < 1.29 is 9.90 Å². The molecule has 8 heteroatoms. The van der Waals surface area contributed by atoms with Crippen LogP contribution in [0.5, 0.6) is 5.75 Å². The number of rotatable bonds is 5. The molecule has 1 amide bonds. The van der Waals surface area contributed by atoms with Crippen molar-refractivity contribution in [2.24, 2.45) is 0 Å². The van der Waals surface area contributed by atoms with Gasteiger partial charge in [0.15, 0.2) is 5.82 Å². The van der Waals surface area contributed by atoms with Gasteiger partial charge in [0.1, 0.15) is 11.3 Å². The molecule has 7 nitrogen and oxygen atoms in total. The number of thioether (sulfide) groups is 1. The minimum Gasteiger partial charge on any atom is -0.508 e. The highest BCUT2D eigenvalue weighted by Gasteiger charge is 2.45. The zero-order valence-electron chi connectivity index (χ0n) is 16.3. The third kappa shape index (κ3) is 3.74. The normalized spacial score (nSPS) is 23.9. The van der Waals surface area contributed by atoms with Crippen LogP contribution in [0.25, 0.3) is 0 Å². The van der Waals surface area contributed by atoms with Crippen molar-refractivity contribution in [3.8, 4) is 5.75 Å². The maximum absolute atomic E-state index is 12.9. The molecule has 0 radical (unpaired) electrons.